The molecule has 0 atom stereocenters. The molecule has 0 N–H and O–H groups in total. The monoisotopic (exact) mass is 527 g/mol. The second kappa shape index (κ2) is 12.3. The highest BCUT2D eigenvalue weighted by atomic mass is 127. The Kier molecular flexibility index (Phi) is 10.9. The highest BCUT2D eigenvalue weighted by molar-refractivity contribution is 8.14. The van der Waals surface area contributed by atoms with Crippen LogP contribution in [0.15, 0.2) is 30.3 Å². The first-order valence-electron chi connectivity index (χ1n) is 9.98. The van der Waals surface area contributed by atoms with E-state index in [2.05, 4.69) is 0 Å². The van der Waals surface area contributed by atoms with Gasteiger partial charge in [0, 0.05) is 12.0 Å². The van der Waals surface area contributed by atoms with Crippen molar-refractivity contribution in [2.45, 2.75) is 47.0 Å². The molecule has 4 nitrogen and oxygen atoms in total. The van der Waals surface area contributed by atoms with Gasteiger partial charge in [-0.25, -0.2) is 4.79 Å². The number of esters is 1. The van der Waals surface area contributed by atoms with Crippen LogP contribution in [-0.4, -0.2) is 23.4 Å². The first-order valence-corrected chi connectivity index (χ1v) is 11.0. The van der Waals surface area contributed by atoms with Crippen LogP contribution in [0.2, 0.25) is 0 Å². The third kappa shape index (κ3) is 5.60. The van der Waals surface area contributed by atoms with Gasteiger partial charge in [0.1, 0.15) is 12.6 Å². The Morgan fingerprint density at radius 3 is 2.17 bits per heavy atom. The number of nitrogens with zero attached hydrogens (tertiary/aromatic N) is 1. The lowest BCUT2D eigenvalue weighted by Gasteiger charge is -2.18. The van der Waals surface area contributed by atoms with Crippen LogP contribution in [0.25, 0.3) is 11.3 Å². The Balaban J connectivity index is 0.00000420. The SMILES string of the molecule is CCCOC(=O)c1c(CC)c(C(=O)SCC)c(CC)[n+](C)c1-c1ccccc1.[I-]. The molecule has 6 heteroatoms. The first kappa shape index (κ1) is 25.6. The minimum absolute atomic E-state index is 0. The highest BCUT2D eigenvalue weighted by Gasteiger charge is 2.34. The van der Waals surface area contributed by atoms with Crippen molar-refractivity contribution < 1.29 is 42.9 Å². The van der Waals surface area contributed by atoms with Crippen molar-refractivity contribution in [3.8, 4) is 11.3 Å². The molecule has 29 heavy (non-hydrogen) atoms. The second-order valence-corrected chi connectivity index (χ2v) is 7.75. The lowest BCUT2D eigenvalue weighted by atomic mass is 9.92. The van der Waals surface area contributed by atoms with Gasteiger partial charge in [-0.15, -0.1) is 0 Å². The lowest BCUT2D eigenvalue weighted by Crippen LogP contribution is -3.00. The van der Waals surface area contributed by atoms with Crippen molar-refractivity contribution in [3.63, 3.8) is 0 Å². The van der Waals surface area contributed by atoms with Crippen molar-refractivity contribution >= 4 is 22.8 Å². The zero-order valence-corrected chi connectivity index (χ0v) is 20.9. The summed E-state index contributed by atoms with van der Waals surface area (Å²) < 4.78 is 7.54. The molecular formula is C23H30INO3S. The summed E-state index contributed by atoms with van der Waals surface area (Å²) in [6.45, 7) is 8.34. The van der Waals surface area contributed by atoms with Crippen LogP contribution in [0, 0.1) is 0 Å². The molecule has 0 bridgehead atoms. The van der Waals surface area contributed by atoms with Crippen molar-refractivity contribution in [1.29, 1.82) is 0 Å². The first-order chi connectivity index (χ1) is 13.5. The molecule has 2 rings (SSSR count). The molecule has 0 radical (unpaired) electrons. The van der Waals surface area contributed by atoms with Gasteiger partial charge in [-0.3, -0.25) is 4.79 Å². The molecule has 0 spiro atoms. The zero-order chi connectivity index (χ0) is 20.7. The third-order valence-corrected chi connectivity index (χ3v) is 5.48. The summed E-state index contributed by atoms with van der Waals surface area (Å²) in [5, 5.41) is 0.0240. The number of thioether (sulfide) groups is 1. The Morgan fingerprint density at radius 1 is 1.00 bits per heavy atom. The van der Waals surface area contributed by atoms with Crippen LogP contribution in [0.5, 0.6) is 0 Å². The molecule has 1 aromatic carbocycles. The fraction of sp³-hybridized carbons (Fsp3) is 0.435. The minimum Gasteiger partial charge on any atom is -1.00 e. The molecule has 0 unspecified atom stereocenters. The molecule has 158 valence electrons. The zero-order valence-electron chi connectivity index (χ0n) is 17.9. The molecule has 0 saturated carbocycles. The quantitative estimate of drug-likeness (QED) is 0.299. The fourth-order valence-electron chi connectivity index (χ4n) is 3.55. The minimum atomic E-state index is -0.355. The molecule has 0 aliphatic heterocycles. The number of hydrogen-bond donors (Lipinski definition) is 0. The predicted molar refractivity (Wildman–Crippen MR) is 115 cm³/mol. The number of carbonyl (C=O) groups excluding carboxylic acids is 2. The van der Waals surface area contributed by atoms with E-state index in [0.717, 1.165) is 28.9 Å². The summed E-state index contributed by atoms with van der Waals surface area (Å²) in [4.78, 5) is 26.1. The van der Waals surface area contributed by atoms with Crippen LogP contribution >= 0.6 is 11.8 Å². The van der Waals surface area contributed by atoms with E-state index in [1.807, 2.05) is 69.6 Å². The number of benzene rings is 1. The van der Waals surface area contributed by atoms with E-state index < -0.39 is 0 Å². The van der Waals surface area contributed by atoms with Crippen molar-refractivity contribution in [3.05, 3.63) is 52.7 Å². The Morgan fingerprint density at radius 2 is 1.66 bits per heavy atom. The van der Waals surface area contributed by atoms with E-state index in [0.29, 0.717) is 36.3 Å². The van der Waals surface area contributed by atoms with Gasteiger partial charge in [0.05, 0.1) is 12.2 Å². The number of pyridine rings is 1. The van der Waals surface area contributed by atoms with E-state index in [4.69, 9.17) is 4.74 Å². The van der Waals surface area contributed by atoms with E-state index in [1.54, 1.807) is 0 Å². The van der Waals surface area contributed by atoms with Gasteiger partial charge in [-0.05, 0) is 36.3 Å². The molecule has 1 heterocycles. The molecule has 0 amide bonds. The largest absolute Gasteiger partial charge is 1.00 e. The smallest absolute Gasteiger partial charge is 0.345 e. The summed E-state index contributed by atoms with van der Waals surface area (Å²) in [5.74, 6) is 0.344. The predicted octanol–water partition coefficient (Wildman–Crippen LogP) is 1.77. The Hall–Kier alpha value is -1.41. The Labute approximate surface area is 195 Å². The summed E-state index contributed by atoms with van der Waals surface area (Å²) in [5.41, 5.74) is 4.69. The van der Waals surface area contributed by atoms with Gasteiger partial charge in [0.2, 0.25) is 10.8 Å². The maximum atomic E-state index is 13.1. The van der Waals surface area contributed by atoms with Crippen LogP contribution in [0.4, 0.5) is 0 Å². The molecule has 1 aromatic heterocycles. The number of carbonyl (C=O) groups is 2. The molecule has 2 aromatic rings. The maximum absolute atomic E-state index is 13.1. The second-order valence-electron chi connectivity index (χ2n) is 6.51. The number of ether oxygens (including phenoxy) is 1. The maximum Gasteiger partial charge on any atom is 0.345 e. The van der Waals surface area contributed by atoms with Gasteiger partial charge in [-0.2, -0.15) is 4.57 Å². The van der Waals surface area contributed by atoms with Crippen molar-refractivity contribution in [2.75, 3.05) is 12.4 Å². The standard InChI is InChI=1S/C23H30NO3S.HI/c1-6-15-27-22(25)20-17(7-2)19(23(26)28-9-4)18(8-3)24(5)21(20)16-13-11-10-12-14-16;/h10-14H,6-9,15H2,1-5H3;1H/q+1;/p-1. The average molecular weight is 527 g/mol. The molecule has 0 aliphatic carbocycles. The van der Waals surface area contributed by atoms with Crippen LogP contribution in [0.3, 0.4) is 0 Å². The Bertz CT molecular complexity index is 853. The normalized spacial score (nSPS) is 10.4. The third-order valence-electron chi connectivity index (χ3n) is 4.73. The van der Waals surface area contributed by atoms with Gasteiger partial charge in [0.25, 0.3) is 0 Å². The number of rotatable bonds is 8. The van der Waals surface area contributed by atoms with Crippen molar-refractivity contribution in [2.24, 2.45) is 7.05 Å². The van der Waals surface area contributed by atoms with Crippen LogP contribution < -0.4 is 28.5 Å². The van der Waals surface area contributed by atoms with Crippen LogP contribution in [0.1, 0.15) is 66.1 Å². The number of hydrogen-bond acceptors (Lipinski definition) is 4. The summed E-state index contributed by atoms with van der Waals surface area (Å²) in [6.07, 6.45) is 2.05. The van der Waals surface area contributed by atoms with Gasteiger partial charge in [-0.1, -0.05) is 57.7 Å². The van der Waals surface area contributed by atoms with E-state index in [1.165, 1.54) is 11.8 Å². The van der Waals surface area contributed by atoms with Gasteiger partial charge < -0.3 is 28.7 Å². The lowest BCUT2D eigenvalue weighted by molar-refractivity contribution is -0.668. The summed E-state index contributed by atoms with van der Waals surface area (Å²) >= 11 is 1.29. The van der Waals surface area contributed by atoms with E-state index >= 15 is 0 Å². The average Bonchev–Trinajstić information content (AvgIpc) is 2.71. The molecule has 0 fully saturated rings. The van der Waals surface area contributed by atoms with E-state index in [9.17, 15) is 9.59 Å². The number of halogens is 1. The van der Waals surface area contributed by atoms with Gasteiger partial charge in [0.15, 0.2) is 5.69 Å². The molecule has 0 saturated heterocycles. The topological polar surface area (TPSA) is 47.3 Å². The van der Waals surface area contributed by atoms with E-state index in [-0.39, 0.29) is 35.1 Å². The van der Waals surface area contributed by atoms with Gasteiger partial charge >= 0.3 is 5.97 Å². The molecular weight excluding hydrogens is 497 g/mol. The highest BCUT2D eigenvalue weighted by Crippen LogP contribution is 2.31. The number of aromatic nitrogens is 1. The van der Waals surface area contributed by atoms with Crippen molar-refractivity contribution in [1.82, 2.24) is 0 Å². The summed E-state index contributed by atoms with van der Waals surface area (Å²) in [7, 11) is 1.94. The fourth-order valence-corrected chi connectivity index (χ4v) is 4.19. The van der Waals surface area contributed by atoms with Crippen LogP contribution in [-0.2, 0) is 24.6 Å². The molecule has 0 aliphatic rings. The summed E-state index contributed by atoms with van der Waals surface area (Å²) in [6, 6.07) is 9.86.